The Labute approximate surface area is 232 Å². The number of nitrogens with zero attached hydrogens (tertiary/aromatic N) is 3. The molecular weight excluding hydrogens is 540 g/mol. The fourth-order valence-electron chi connectivity index (χ4n) is 4.59. The molecule has 12 nitrogen and oxygen atoms in total. The van der Waals surface area contributed by atoms with Crippen molar-refractivity contribution in [1.82, 2.24) is 9.97 Å². The van der Waals surface area contributed by atoms with Crippen molar-refractivity contribution in [2.24, 2.45) is 0 Å². The summed E-state index contributed by atoms with van der Waals surface area (Å²) in [5.74, 6) is -0.935. The van der Waals surface area contributed by atoms with Crippen LogP contribution < -0.4 is 19.1 Å². The van der Waals surface area contributed by atoms with Gasteiger partial charge in [-0.25, -0.2) is 8.42 Å². The van der Waals surface area contributed by atoms with Gasteiger partial charge in [0.25, 0.3) is 15.9 Å². The van der Waals surface area contributed by atoms with Crippen LogP contribution in [0.2, 0.25) is 0 Å². The van der Waals surface area contributed by atoms with Crippen LogP contribution in [0.1, 0.15) is 19.4 Å². The quantitative estimate of drug-likeness (QED) is 0.362. The second-order valence-corrected chi connectivity index (χ2v) is 11.3. The Morgan fingerprint density at radius 1 is 1.05 bits per heavy atom. The maximum Gasteiger partial charge on any atom is 0.321 e. The number of rotatable bonds is 10. The first kappa shape index (κ1) is 27.8. The molecule has 2 fully saturated rings. The van der Waals surface area contributed by atoms with Crippen molar-refractivity contribution < 1.29 is 36.9 Å². The SMILES string of the molecule is COc1cc(NS(=O)(=O)c2ccc(N3C(=O)[C@@H](OCc4ccccc4)[C@H]3[C@@H]3COC(C)(C)O3)cc2)nc(OC)n1. The number of carbonyl (C=O) groups excluding carboxylic acids is 1. The molecule has 3 heterocycles. The molecule has 3 aromatic rings. The van der Waals surface area contributed by atoms with Crippen molar-refractivity contribution >= 4 is 27.4 Å². The van der Waals surface area contributed by atoms with Crippen LogP contribution in [0, 0.1) is 0 Å². The standard InChI is InChI=1S/C27H30N4O8S/c1-27(2)38-16-20(39-27)23-24(37-15-17-8-6-5-7-9-17)25(32)31(23)18-10-12-19(13-11-18)40(33,34)30-21-14-22(35-3)29-26(28-21)36-4/h5-14,20,23-24H,15-16H2,1-4H3,(H,28,29,30)/t20-,23+,24-/m0/s1. The molecular formula is C27H30N4O8S. The zero-order valence-corrected chi connectivity index (χ0v) is 23.3. The lowest BCUT2D eigenvalue weighted by Crippen LogP contribution is -2.70. The van der Waals surface area contributed by atoms with Crippen molar-refractivity contribution in [1.29, 1.82) is 0 Å². The number of anilines is 2. The molecule has 3 atom stereocenters. The molecule has 0 saturated carbocycles. The van der Waals surface area contributed by atoms with E-state index in [4.69, 9.17) is 23.7 Å². The first-order valence-electron chi connectivity index (χ1n) is 12.5. The van der Waals surface area contributed by atoms with Crippen molar-refractivity contribution in [3.05, 3.63) is 66.2 Å². The fraction of sp³-hybridized carbons (Fsp3) is 0.370. The van der Waals surface area contributed by atoms with Crippen LogP contribution in [0.4, 0.5) is 11.5 Å². The first-order chi connectivity index (χ1) is 19.1. The maximum absolute atomic E-state index is 13.3. The molecule has 5 rings (SSSR count). The highest BCUT2D eigenvalue weighted by Crippen LogP contribution is 2.38. The van der Waals surface area contributed by atoms with Crippen LogP contribution in [0.5, 0.6) is 11.9 Å². The van der Waals surface area contributed by atoms with Gasteiger partial charge in [0.1, 0.15) is 12.1 Å². The van der Waals surface area contributed by atoms with E-state index < -0.39 is 34.1 Å². The third-order valence-electron chi connectivity index (χ3n) is 6.51. The van der Waals surface area contributed by atoms with Crippen molar-refractivity contribution in [2.45, 2.75) is 49.4 Å². The Bertz CT molecular complexity index is 1450. The predicted molar refractivity (Wildman–Crippen MR) is 144 cm³/mol. The molecule has 1 aromatic heterocycles. The average molecular weight is 571 g/mol. The number of hydrogen-bond donors (Lipinski definition) is 1. The third-order valence-corrected chi connectivity index (χ3v) is 7.88. The lowest BCUT2D eigenvalue weighted by molar-refractivity contribution is -0.164. The minimum Gasteiger partial charge on any atom is -0.481 e. The molecule has 0 aliphatic carbocycles. The molecule has 2 aliphatic rings. The van der Waals surface area contributed by atoms with Crippen molar-refractivity contribution in [3.63, 3.8) is 0 Å². The topological polar surface area (TPSA) is 138 Å². The van der Waals surface area contributed by atoms with E-state index >= 15 is 0 Å². The first-order valence-corrected chi connectivity index (χ1v) is 14.0. The van der Waals surface area contributed by atoms with Gasteiger partial charge in [-0.3, -0.25) is 9.52 Å². The molecule has 2 aliphatic heterocycles. The molecule has 0 bridgehead atoms. The summed E-state index contributed by atoms with van der Waals surface area (Å²) >= 11 is 0. The van der Waals surface area contributed by atoms with Crippen LogP contribution in [0.3, 0.4) is 0 Å². The second kappa shape index (κ2) is 11.0. The van der Waals surface area contributed by atoms with Gasteiger partial charge >= 0.3 is 6.01 Å². The Kier molecular flexibility index (Phi) is 7.64. The molecule has 0 spiro atoms. The van der Waals surface area contributed by atoms with Crippen molar-refractivity contribution in [3.8, 4) is 11.9 Å². The summed E-state index contributed by atoms with van der Waals surface area (Å²) in [7, 11) is -1.28. The number of nitrogens with one attached hydrogen (secondary N) is 1. The van der Waals surface area contributed by atoms with E-state index in [1.54, 1.807) is 17.0 Å². The van der Waals surface area contributed by atoms with Gasteiger partial charge in [0.15, 0.2) is 17.7 Å². The third kappa shape index (κ3) is 5.72. The lowest BCUT2D eigenvalue weighted by Gasteiger charge is -2.48. The molecule has 1 N–H and O–H groups in total. The maximum atomic E-state index is 13.3. The molecule has 212 valence electrons. The van der Waals surface area contributed by atoms with Gasteiger partial charge in [0.2, 0.25) is 5.88 Å². The Balaban J connectivity index is 1.35. The van der Waals surface area contributed by atoms with Gasteiger partial charge in [-0.05, 0) is 43.7 Å². The largest absolute Gasteiger partial charge is 0.481 e. The summed E-state index contributed by atoms with van der Waals surface area (Å²) in [6.45, 7) is 4.18. The summed E-state index contributed by atoms with van der Waals surface area (Å²) in [4.78, 5) is 22.8. The number of benzene rings is 2. The van der Waals surface area contributed by atoms with Gasteiger partial charge in [0.05, 0.1) is 32.3 Å². The summed E-state index contributed by atoms with van der Waals surface area (Å²) in [5.41, 5.74) is 1.45. The van der Waals surface area contributed by atoms with Gasteiger partial charge in [0, 0.05) is 11.8 Å². The van der Waals surface area contributed by atoms with E-state index in [0.29, 0.717) is 5.69 Å². The molecule has 2 aromatic carbocycles. The van der Waals surface area contributed by atoms with E-state index in [0.717, 1.165) is 5.56 Å². The van der Waals surface area contributed by atoms with Crippen molar-refractivity contribution in [2.75, 3.05) is 30.4 Å². The highest BCUT2D eigenvalue weighted by molar-refractivity contribution is 7.92. The summed E-state index contributed by atoms with van der Waals surface area (Å²) in [6, 6.07) is 16.3. The Morgan fingerprint density at radius 3 is 2.40 bits per heavy atom. The van der Waals surface area contributed by atoms with Gasteiger partial charge in [-0.1, -0.05) is 30.3 Å². The highest BCUT2D eigenvalue weighted by Gasteiger charge is 2.56. The van der Waals surface area contributed by atoms with Crippen LogP contribution >= 0.6 is 0 Å². The number of ether oxygens (including phenoxy) is 5. The van der Waals surface area contributed by atoms with Crippen LogP contribution in [0.25, 0.3) is 0 Å². The smallest absolute Gasteiger partial charge is 0.321 e. The molecule has 0 unspecified atom stereocenters. The number of sulfonamides is 1. The monoisotopic (exact) mass is 570 g/mol. The number of amides is 1. The van der Waals surface area contributed by atoms with E-state index in [1.807, 2.05) is 44.2 Å². The second-order valence-electron chi connectivity index (χ2n) is 9.66. The van der Waals surface area contributed by atoms with Gasteiger partial charge < -0.3 is 28.6 Å². The van der Waals surface area contributed by atoms with E-state index in [-0.39, 0.29) is 41.7 Å². The molecule has 13 heteroatoms. The number of β-lactam (4-membered cyclic amide) rings is 1. The number of hydrogen-bond acceptors (Lipinski definition) is 10. The average Bonchev–Trinajstić information content (AvgIpc) is 3.30. The minimum absolute atomic E-state index is 0.0230. The molecule has 1 amide bonds. The molecule has 0 radical (unpaired) electrons. The predicted octanol–water partition coefficient (Wildman–Crippen LogP) is 2.75. The van der Waals surface area contributed by atoms with Crippen LogP contribution in [-0.4, -0.2) is 69.2 Å². The van der Waals surface area contributed by atoms with Crippen LogP contribution in [-0.2, 0) is 35.6 Å². The van der Waals surface area contributed by atoms with E-state index in [1.165, 1.54) is 32.4 Å². The highest BCUT2D eigenvalue weighted by atomic mass is 32.2. The summed E-state index contributed by atoms with van der Waals surface area (Å²) in [5, 5.41) is 0. The minimum atomic E-state index is -4.03. The van der Waals surface area contributed by atoms with Gasteiger partial charge in [-0.15, -0.1) is 0 Å². The summed E-state index contributed by atoms with van der Waals surface area (Å²) < 4.78 is 56.5. The number of methoxy groups -OCH3 is 2. The lowest BCUT2D eigenvalue weighted by atomic mass is 9.91. The molecule has 40 heavy (non-hydrogen) atoms. The zero-order valence-electron chi connectivity index (χ0n) is 22.4. The molecule has 2 saturated heterocycles. The number of carbonyl (C=O) groups is 1. The zero-order chi connectivity index (χ0) is 28.5. The van der Waals surface area contributed by atoms with E-state index in [9.17, 15) is 13.2 Å². The number of aromatic nitrogens is 2. The Hall–Kier alpha value is -3.78. The summed E-state index contributed by atoms with van der Waals surface area (Å²) in [6.07, 6.45) is -1.17. The van der Waals surface area contributed by atoms with Crippen LogP contribution in [0.15, 0.2) is 65.6 Å². The Morgan fingerprint density at radius 2 is 1.77 bits per heavy atom. The normalized spacial score (nSPS) is 22.1. The van der Waals surface area contributed by atoms with Gasteiger partial charge in [-0.2, -0.15) is 9.97 Å². The van der Waals surface area contributed by atoms with E-state index in [2.05, 4.69) is 14.7 Å². The fourth-order valence-corrected chi connectivity index (χ4v) is 5.58.